The van der Waals surface area contributed by atoms with E-state index in [0.29, 0.717) is 6.54 Å². The monoisotopic (exact) mass is 258 g/mol. The second kappa shape index (κ2) is 5.31. The number of carbonyl (C=O) groups is 1. The van der Waals surface area contributed by atoms with Crippen molar-refractivity contribution in [3.05, 3.63) is 29.3 Å². The number of aryl methyl sites for hydroxylation is 1. The quantitative estimate of drug-likeness (QED) is 0.903. The zero-order chi connectivity index (χ0) is 13.9. The van der Waals surface area contributed by atoms with Crippen LogP contribution < -0.4 is 10.1 Å². The van der Waals surface area contributed by atoms with Gasteiger partial charge in [-0.15, -0.1) is 0 Å². The number of amides is 1. The van der Waals surface area contributed by atoms with E-state index in [0.717, 1.165) is 30.8 Å². The van der Waals surface area contributed by atoms with E-state index in [1.807, 2.05) is 18.2 Å². The van der Waals surface area contributed by atoms with E-state index in [-0.39, 0.29) is 5.91 Å². The van der Waals surface area contributed by atoms with Gasteiger partial charge in [-0.1, -0.05) is 12.1 Å². The Kier molecular flexibility index (Phi) is 3.75. The average Bonchev–Trinajstić information content (AvgIpc) is 2.44. The Hall–Kier alpha value is -2.02. The highest BCUT2D eigenvalue weighted by Gasteiger charge is 2.26. The van der Waals surface area contributed by atoms with Gasteiger partial charge < -0.3 is 10.1 Å². The van der Waals surface area contributed by atoms with Gasteiger partial charge >= 0.3 is 0 Å². The second-order valence-corrected chi connectivity index (χ2v) is 5.31. The number of nitrogens with zero attached hydrogens (tertiary/aromatic N) is 1. The van der Waals surface area contributed by atoms with Gasteiger partial charge in [-0.3, -0.25) is 4.79 Å². The topological polar surface area (TPSA) is 62.1 Å². The molecule has 1 N–H and O–H groups in total. The molecule has 0 saturated carbocycles. The van der Waals surface area contributed by atoms with E-state index in [1.165, 1.54) is 5.56 Å². The molecule has 0 aliphatic carbocycles. The van der Waals surface area contributed by atoms with Gasteiger partial charge in [0.05, 0.1) is 12.7 Å². The van der Waals surface area contributed by atoms with Crippen LogP contribution in [0.1, 0.15) is 31.4 Å². The first-order valence-electron chi connectivity index (χ1n) is 6.47. The van der Waals surface area contributed by atoms with Crippen molar-refractivity contribution in [3.63, 3.8) is 0 Å². The molecule has 0 radical (unpaired) electrons. The van der Waals surface area contributed by atoms with E-state index in [2.05, 4.69) is 11.4 Å². The molecule has 0 fully saturated rings. The van der Waals surface area contributed by atoms with E-state index < -0.39 is 5.41 Å². The lowest BCUT2D eigenvalue weighted by molar-refractivity contribution is -0.126. The summed E-state index contributed by atoms with van der Waals surface area (Å²) < 4.78 is 5.55. The minimum Gasteiger partial charge on any atom is -0.493 e. The highest BCUT2D eigenvalue weighted by molar-refractivity contribution is 5.84. The molecule has 1 aliphatic heterocycles. The Morgan fingerprint density at radius 1 is 1.53 bits per heavy atom. The Morgan fingerprint density at radius 3 is 3.05 bits per heavy atom. The molecule has 1 aromatic carbocycles. The molecule has 0 bridgehead atoms. The van der Waals surface area contributed by atoms with Gasteiger partial charge in [0.2, 0.25) is 5.91 Å². The summed E-state index contributed by atoms with van der Waals surface area (Å²) in [5, 5.41) is 11.7. The van der Waals surface area contributed by atoms with Crippen molar-refractivity contribution in [2.24, 2.45) is 5.41 Å². The summed E-state index contributed by atoms with van der Waals surface area (Å²) in [7, 11) is 0. The van der Waals surface area contributed by atoms with Gasteiger partial charge in [-0.2, -0.15) is 5.26 Å². The summed E-state index contributed by atoms with van der Waals surface area (Å²) in [6, 6.07) is 7.96. The van der Waals surface area contributed by atoms with E-state index in [9.17, 15) is 4.79 Å². The first kappa shape index (κ1) is 13.4. The lowest BCUT2D eigenvalue weighted by Crippen LogP contribution is -2.35. The van der Waals surface area contributed by atoms with Crippen LogP contribution in [-0.4, -0.2) is 12.5 Å². The third-order valence-electron chi connectivity index (χ3n) is 3.27. The molecule has 0 aromatic heterocycles. The third-order valence-corrected chi connectivity index (χ3v) is 3.27. The van der Waals surface area contributed by atoms with Crippen molar-refractivity contribution in [3.8, 4) is 11.8 Å². The smallest absolute Gasteiger partial charge is 0.240 e. The molecule has 100 valence electrons. The average molecular weight is 258 g/mol. The molecule has 0 saturated heterocycles. The predicted molar refractivity (Wildman–Crippen MR) is 71.5 cm³/mol. The number of benzene rings is 1. The van der Waals surface area contributed by atoms with Crippen molar-refractivity contribution in [2.75, 3.05) is 6.61 Å². The summed E-state index contributed by atoms with van der Waals surface area (Å²) in [4.78, 5) is 11.8. The van der Waals surface area contributed by atoms with Crippen LogP contribution in [0.5, 0.6) is 5.75 Å². The minimum atomic E-state index is -0.989. The van der Waals surface area contributed by atoms with Crippen molar-refractivity contribution < 1.29 is 9.53 Å². The van der Waals surface area contributed by atoms with Crippen LogP contribution in [0.25, 0.3) is 0 Å². The maximum absolute atomic E-state index is 11.8. The van der Waals surface area contributed by atoms with Gasteiger partial charge in [0.1, 0.15) is 11.2 Å². The fourth-order valence-corrected chi connectivity index (χ4v) is 1.98. The summed E-state index contributed by atoms with van der Waals surface area (Å²) in [6.45, 7) is 4.45. The molecule has 1 amide bonds. The number of hydrogen-bond acceptors (Lipinski definition) is 3. The van der Waals surface area contributed by atoms with Gasteiger partial charge in [0.15, 0.2) is 0 Å². The molecule has 0 spiro atoms. The summed E-state index contributed by atoms with van der Waals surface area (Å²) in [5.74, 6) is 0.697. The Balaban J connectivity index is 2.01. The highest BCUT2D eigenvalue weighted by Crippen LogP contribution is 2.25. The second-order valence-electron chi connectivity index (χ2n) is 5.31. The molecule has 2 rings (SSSR count). The predicted octanol–water partition coefficient (Wildman–Crippen LogP) is 2.18. The van der Waals surface area contributed by atoms with E-state index in [4.69, 9.17) is 10.00 Å². The summed E-state index contributed by atoms with van der Waals surface area (Å²) in [5.41, 5.74) is 1.24. The molecule has 19 heavy (non-hydrogen) atoms. The number of rotatable bonds is 3. The fraction of sp³-hybridized carbons (Fsp3) is 0.467. The Bertz CT molecular complexity index is 529. The fourth-order valence-electron chi connectivity index (χ4n) is 1.98. The largest absolute Gasteiger partial charge is 0.493 e. The first-order valence-corrected chi connectivity index (χ1v) is 6.47. The van der Waals surface area contributed by atoms with Gasteiger partial charge in [-0.05, 0) is 43.9 Å². The number of nitrogens with one attached hydrogen (secondary N) is 1. The van der Waals surface area contributed by atoms with Crippen molar-refractivity contribution >= 4 is 5.91 Å². The highest BCUT2D eigenvalue weighted by atomic mass is 16.5. The van der Waals surface area contributed by atoms with Crippen molar-refractivity contribution in [2.45, 2.75) is 33.2 Å². The van der Waals surface area contributed by atoms with Crippen LogP contribution in [0.15, 0.2) is 18.2 Å². The van der Waals surface area contributed by atoms with Crippen LogP contribution in [0.3, 0.4) is 0 Å². The number of ether oxygens (including phenoxy) is 1. The molecule has 0 unspecified atom stereocenters. The maximum Gasteiger partial charge on any atom is 0.240 e. The van der Waals surface area contributed by atoms with Gasteiger partial charge in [0.25, 0.3) is 0 Å². The summed E-state index contributed by atoms with van der Waals surface area (Å²) >= 11 is 0. The third kappa shape index (κ3) is 3.05. The molecule has 4 heteroatoms. The van der Waals surface area contributed by atoms with Crippen molar-refractivity contribution in [1.82, 2.24) is 5.32 Å². The van der Waals surface area contributed by atoms with Crippen LogP contribution in [0.4, 0.5) is 0 Å². The Morgan fingerprint density at radius 2 is 2.32 bits per heavy atom. The maximum atomic E-state index is 11.8. The molecule has 4 nitrogen and oxygen atoms in total. The first-order chi connectivity index (χ1) is 9.03. The molecule has 0 atom stereocenters. The molecular formula is C15H18N2O2. The van der Waals surface area contributed by atoms with E-state index in [1.54, 1.807) is 13.8 Å². The lowest BCUT2D eigenvalue weighted by atomic mass is 9.94. The lowest BCUT2D eigenvalue weighted by Gasteiger charge is -2.19. The normalized spacial score (nSPS) is 13.9. The SMILES string of the molecule is CC(C)(C#N)C(=O)NCc1ccc2c(c1)CCCO2. The zero-order valence-corrected chi connectivity index (χ0v) is 11.3. The number of hydrogen-bond donors (Lipinski definition) is 1. The zero-order valence-electron chi connectivity index (χ0n) is 11.3. The Labute approximate surface area is 113 Å². The van der Waals surface area contributed by atoms with Crippen LogP contribution >= 0.6 is 0 Å². The summed E-state index contributed by atoms with van der Waals surface area (Å²) in [6.07, 6.45) is 2.05. The minimum absolute atomic E-state index is 0.246. The molecule has 1 aliphatic rings. The number of nitriles is 1. The molecular weight excluding hydrogens is 240 g/mol. The van der Waals surface area contributed by atoms with Gasteiger partial charge in [0, 0.05) is 6.54 Å². The van der Waals surface area contributed by atoms with Crippen molar-refractivity contribution in [1.29, 1.82) is 5.26 Å². The molecule has 1 heterocycles. The van der Waals surface area contributed by atoms with Crippen LogP contribution in [-0.2, 0) is 17.8 Å². The standard InChI is InChI=1S/C15H18N2O2/c1-15(2,10-16)14(18)17-9-11-5-6-13-12(8-11)4-3-7-19-13/h5-6,8H,3-4,7,9H2,1-2H3,(H,17,18). The van der Waals surface area contributed by atoms with E-state index >= 15 is 0 Å². The number of carbonyl (C=O) groups excluding carboxylic acids is 1. The molecule has 1 aromatic rings. The van der Waals surface area contributed by atoms with Crippen LogP contribution in [0.2, 0.25) is 0 Å². The van der Waals surface area contributed by atoms with Crippen LogP contribution in [0, 0.1) is 16.7 Å². The number of fused-ring (bicyclic) bond motifs is 1. The van der Waals surface area contributed by atoms with Gasteiger partial charge in [-0.25, -0.2) is 0 Å².